The lowest BCUT2D eigenvalue weighted by molar-refractivity contribution is -0.109. The van der Waals surface area contributed by atoms with Gasteiger partial charge in [0.1, 0.15) is 5.75 Å². The van der Waals surface area contributed by atoms with Gasteiger partial charge in [-0.25, -0.2) is 0 Å². The first-order chi connectivity index (χ1) is 11.0. The lowest BCUT2D eigenvalue weighted by Crippen LogP contribution is -2.41. The van der Waals surface area contributed by atoms with Gasteiger partial charge in [-0.2, -0.15) is 0 Å². The fourth-order valence-electron chi connectivity index (χ4n) is 2.20. The van der Waals surface area contributed by atoms with Crippen LogP contribution in [0.15, 0.2) is 23.7 Å². The zero-order chi connectivity index (χ0) is 18.1. The quantitative estimate of drug-likeness (QED) is 0.801. The largest absolute Gasteiger partial charge is 0.507 e. The maximum Gasteiger partial charge on any atom is 0.491 e. The molecule has 1 heterocycles. The van der Waals surface area contributed by atoms with Crippen LogP contribution in [-0.4, -0.2) is 34.3 Å². The molecule has 0 amide bonds. The highest BCUT2D eigenvalue weighted by molar-refractivity contribution is 8.13. The van der Waals surface area contributed by atoms with Gasteiger partial charge in [0.15, 0.2) is 5.12 Å². The van der Waals surface area contributed by atoms with Gasteiger partial charge in [0, 0.05) is 23.3 Å². The van der Waals surface area contributed by atoms with Gasteiger partial charge in [-0.1, -0.05) is 29.4 Å². The SMILES string of the molecule is CC(=O)SCC(=Cc1ccc(Cl)cc1O)B1OC(C)(C)C(C)(C)O1. The van der Waals surface area contributed by atoms with Crippen molar-refractivity contribution in [3.05, 3.63) is 34.3 Å². The van der Waals surface area contributed by atoms with Crippen LogP contribution in [0.5, 0.6) is 5.75 Å². The second-order valence-corrected chi connectivity index (χ2v) is 8.38. The Labute approximate surface area is 152 Å². The molecule has 1 saturated heterocycles. The first kappa shape index (κ1) is 19.4. The second kappa shape index (κ2) is 7.12. The van der Waals surface area contributed by atoms with E-state index in [1.54, 1.807) is 18.2 Å². The Bertz CT molecular complexity index is 657. The van der Waals surface area contributed by atoms with Crippen molar-refractivity contribution in [2.24, 2.45) is 0 Å². The van der Waals surface area contributed by atoms with Crippen LogP contribution in [0, 0.1) is 0 Å². The van der Waals surface area contributed by atoms with Gasteiger partial charge in [0.05, 0.1) is 11.2 Å². The smallest absolute Gasteiger partial charge is 0.491 e. The molecule has 1 N–H and O–H groups in total. The Morgan fingerprint density at radius 2 is 1.88 bits per heavy atom. The molecular weight excluding hydrogens is 347 g/mol. The van der Waals surface area contributed by atoms with Crippen LogP contribution in [0.1, 0.15) is 40.2 Å². The highest BCUT2D eigenvalue weighted by Gasteiger charge is 2.52. The molecule has 1 aliphatic heterocycles. The van der Waals surface area contributed by atoms with Gasteiger partial charge in [0.25, 0.3) is 0 Å². The summed E-state index contributed by atoms with van der Waals surface area (Å²) in [4.78, 5) is 11.4. The third-order valence-electron chi connectivity index (χ3n) is 4.33. The molecule has 0 saturated carbocycles. The summed E-state index contributed by atoms with van der Waals surface area (Å²) < 4.78 is 12.1. The Morgan fingerprint density at radius 3 is 2.38 bits per heavy atom. The van der Waals surface area contributed by atoms with E-state index in [4.69, 9.17) is 20.9 Å². The number of benzene rings is 1. The second-order valence-electron chi connectivity index (χ2n) is 6.79. The number of thioether (sulfide) groups is 1. The van der Waals surface area contributed by atoms with E-state index in [1.807, 2.05) is 27.7 Å². The van der Waals surface area contributed by atoms with Crippen molar-refractivity contribution in [3.63, 3.8) is 0 Å². The number of carbonyl (C=O) groups excluding carboxylic acids is 1. The molecule has 0 bridgehead atoms. The van der Waals surface area contributed by atoms with E-state index in [-0.39, 0.29) is 10.9 Å². The van der Waals surface area contributed by atoms with E-state index in [1.165, 1.54) is 24.8 Å². The van der Waals surface area contributed by atoms with Crippen molar-refractivity contribution in [2.75, 3.05) is 5.75 Å². The summed E-state index contributed by atoms with van der Waals surface area (Å²) in [7, 11) is -0.572. The summed E-state index contributed by atoms with van der Waals surface area (Å²) in [5, 5.41) is 10.6. The number of hydrogen-bond donors (Lipinski definition) is 1. The minimum Gasteiger partial charge on any atom is -0.507 e. The summed E-state index contributed by atoms with van der Waals surface area (Å²) in [6.07, 6.45) is 1.80. The van der Waals surface area contributed by atoms with E-state index in [0.29, 0.717) is 16.3 Å². The van der Waals surface area contributed by atoms with E-state index < -0.39 is 18.3 Å². The minimum atomic E-state index is -0.572. The molecule has 4 nitrogen and oxygen atoms in total. The maximum absolute atomic E-state index is 11.4. The van der Waals surface area contributed by atoms with Crippen molar-refractivity contribution < 1.29 is 19.2 Å². The summed E-state index contributed by atoms with van der Waals surface area (Å²) in [6.45, 7) is 9.42. The normalized spacial score (nSPS) is 19.6. The Kier molecular flexibility index (Phi) is 5.75. The molecule has 0 unspecified atom stereocenters. The molecule has 1 fully saturated rings. The van der Waals surface area contributed by atoms with Crippen LogP contribution >= 0.6 is 23.4 Å². The average molecular weight is 369 g/mol. The molecule has 130 valence electrons. The van der Waals surface area contributed by atoms with E-state index in [9.17, 15) is 9.90 Å². The third kappa shape index (κ3) is 4.36. The van der Waals surface area contributed by atoms with Crippen LogP contribution in [0.3, 0.4) is 0 Å². The van der Waals surface area contributed by atoms with E-state index in [0.717, 1.165) is 5.47 Å². The minimum absolute atomic E-state index is 0.0118. The molecule has 7 heteroatoms. The summed E-state index contributed by atoms with van der Waals surface area (Å²) >= 11 is 7.06. The van der Waals surface area contributed by atoms with Gasteiger partial charge in [0.2, 0.25) is 0 Å². The van der Waals surface area contributed by atoms with Crippen molar-refractivity contribution in [2.45, 2.75) is 45.8 Å². The third-order valence-corrected chi connectivity index (χ3v) is 5.45. The lowest BCUT2D eigenvalue weighted by atomic mass is 9.78. The Hall–Kier alpha value is -0.945. The van der Waals surface area contributed by atoms with Crippen LogP contribution < -0.4 is 0 Å². The highest BCUT2D eigenvalue weighted by atomic mass is 35.5. The van der Waals surface area contributed by atoms with Gasteiger partial charge in [-0.3, -0.25) is 4.79 Å². The Balaban J connectivity index is 2.35. The molecule has 0 atom stereocenters. The number of carbonyl (C=O) groups is 1. The first-order valence-corrected chi connectivity index (χ1v) is 9.06. The van der Waals surface area contributed by atoms with Gasteiger partial charge < -0.3 is 14.4 Å². The standard InChI is InChI=1S/C17H22BClO4S/c1-11(20)24-10-13(8-12-6-7-14(19)9-15(12)21)18-22-16(2,3)17(4,5)23-18/h6-9,21H,10H2,1-5H3. The van der Waals surface area contributed by atoms with E-state index in [2.05, 4.69) is 0 Å². The summed E-state index contributed by atoms with van der Waals surface area (Å²) in [5.41, 5.74) is 0.444. The summed E-state index contributed by atoms with van der Waals surface area (Å²) in [6, 6.07) is 4.90. The number of aromatic hydroxyl groups is 1. The van der Waals surface area contributed by atoms with Crippen molar-refractivity contribution in [1.82, 2.24) is 0 Å². The summed E-state index contributed by atoms with van der Waals surface area (Å²) in [5.74, 6) is 0.498. The molecule has 1 aromatic rings. The number of hydrogen-bond acceptors (Lipinski definition) is 5. The molecule has 1 aliphatic rings. The number of phenols is 1. The van der Waals surface area contributed by atoms with E-state index >= 15 is 0 Å². The number of phenolic OH excluding ortho intramolecular Hbond substituents is 1. The fraction of sp³-hybridized carbons (Fsp3) is 0.471. The number of rotatable bonds is 4. The molecular formula is C17H22BClO4S. The number of halogens is 1. The average Bonchev–Trinajstić information content (AvgIpc) is 2.65. The Morgan fingerprint density at radius 1 is 1.29 bits per heavy atom. The van der Waals surface area contributed by atoms with Crippen LogP contribution in [0.25, 0.3) is 6.08 Å². The van der Waals surface area contributed by atoms with Crippen molar-refractivity contribution >= 4 is 41.7 Å². The topological polar surface area (TPSA) is 55.8 Å². The first-order valence-electron chi connectivity index (χ1n) is 7.70. The lowest BCUT2D eigenvalue weighted by Gasteiger charge is -2.32. The fourth-order valence-corrected chi connectivity index (χ4v) is 2.95. The van der Waals surface area contributed by atoms with Crippen LogP contribution in [0.4, 0.5) is 0 Å². The predicted molar refractivity (Wildman–Crippen MR) is 100 cm³/mol. The van der Waals surface area contributed by atoms with Gasteiger partial charge >= 0.3 is 7.12 Å². The van der Waals surface area contributed by atoms with Crippen LogP contribution in [0.2, 0.25) is 5.02 Å². The molecule has 0 spiro atoms. The zero-order valence-corrected chi connectivity index (χ0v) is 16.1. The molecule has 24 heavy (non-hydrogen) atoms. The molecule has 2 rings (SSSR count). The maximum atomic E-state index is 11.4. The van der Waals surface area contributed by atoms with Crippen molar-refractivity contribution in [1.29, 1.82) is 0 Å². The van der Waals surface area contributed by atoms with Crippen LogP contribution in [-0.2, 0) is 14.1 Å². The van der Waals surface area contributed by atoms with Gasteiger partial charge in [-0.15, -0.1) is 0 Å². The van der Waals surface area contributed by atoms with Crippen molar-refractivity contribution in [3.8, 4) is 5.75 Å². The molecule has 1 aromatic carbocycles. The zero-order valence-electron chi connectivity index (χ0n) is 14.6. The molecule has 0 aromatic heterocycles. The monoisotopic (exact) mass is 368 g/mol. The predicted octanol–water partition coefficient (Wildman–Crippen LogP) is 4.34. The van der Waals surface area contributed by atoms with Gasteiger partial charge in [-0.05, 0) is 51.4 Å². The highest BCUT2D eigenvalue weighted by Crippen LogP contribution is 2.39. The molecule has 0 aliphatic carbocycles. The molecule has 0 radical (unpaired) electrons.